The van der Waals surface area contributed by atoms with Crippen molar-refractivity contribution in [1.29, 1.82) is 0 Å². The van der Waals surface area contributed by atoms with Crippen LogP contribution in [-0.4, -0.2) is 39.3 Å². The molecule has 35 heavy (non-hydrogen) atoms. The summed E-state index contributed by atoms with van der Waals surface area (Å²) in [5.41, 5.74) is 9.61. The smallest absolute Gasteiger partial charge is 0.293 e. The fourth-order valence-corrected chi connectivity index (χ4v) is 4.51. The number of imidazole rings is 1. The number of nitro benzene ring substituents is 1. The summed E-state index contributed by atoms with van der Waals surface area (Å²) in [7, 11) is 3.48. The van der Waals surface area contributed by atoms with Gasteiger partial charge in [-0.3, -0.25) is 14.9 Å². The largest absolute Gasteiger partial charge is 0.382 e. The number of pyridine rings is 1. The van der Waals surface area contributed by atoms with E-state index < -0.39 is 4.92 Å². The number of hydrogen-bond acceptors (Lipinski definition) is 7. The topological polar surface area (TPSA) is 120 Å². The Morgan fingerprint density at radius 1 is 1.11 bits per heavy atom. The lowest BCUT2D eigenvalue weighted by Gasteiger charge is -2.13. The number of carbonyl (C=O) groups excluding carboxylic acids is 1. The number of ketones is 1. The van der Waals surface area contributed by atoms with Gasteiger partial charge in [-0.15, -0.1) is 0 Å². The van der Waals surface area contributed by atoms with Crippen LogP contribution in [0, 0.1) is 10.1 Å². The first-order chi connectivity index (χ1) is 16.8. The van der Waals surface area contributed by atoms with Crippen molar-refractivity contribution in [3.63, 3.8) is 0 Å². The van der Waals surface area contributed by atoms with Gasteiger partial charge in [-0.25, -0.2) is 9.97 Å². The van der Waals surface area contributed by atoms with Crippen molar-refractivity contribution in [2.45, 2.75) is 45.6 Å². The maximum absolute atomic E-state index is 12.7. The number of unbranched alkanes of at least 4 members (excludes halogenated alkanes) is 2. The number of anilines is 2. The minimum Gasteiger partial charge on any atom is -0.382 e. The van der Waals surface area contributed by atoms with Gasteiger partial charge in [0.2, 0.25) is 0 Å². The van der Waals surface area contributed by atoms with Crippen LogP contribution in [0.25, 0.3) is 21.9 Å². The van der Waals surface area contributed by atoms with E-state index in [1.54, 1.807) is 31.1 Å². The van der Waals surface area contributed by atoms with E-state index >= 15 is 0 Å². The van der Waals surface area contributed by atoms with Crippen molar-refractivity contribution in [1.82, 2.24) is 14.5 Å². The van der Waals surface area contributed by atoms with Crippen LogP contribution < -0.4 is 10.6 Å². The molecule has 0 aliphatic heterocycles. The summed E-state index contributed by atoms with van der Waals surface area (Å²) in [5, 5.41) is 12.4. The molecule has 0 radical (unpaired) electrons. The van der Waals surface area contributed by atoms with Crippen molar-refractivity contribution >= 4 is 44.9 Å². The summed E-state index contributed by atoms with van der Waals surface area (Å²) in [6.45, 7) is 2.84. The van der Waals surface area contributed by atoms with E-state index in [-0.39, 0.29) is 11.5 Å². The Balaban J connectivity index is 1.43. The monoisotopic (exact) mass is 474 g/mol. The maximum Gasteiger partial charge on any atom is 0.293 e. The third-order valence-electron chi connectivity index (χ3n) is 6.27. The Morgan fingerprint density at radius 3 is 2.60 bits per heavy atom. The van der Waals surface area contributed by atoms with Gasteiger partial charge in [0.15, 0.2) is 11.6 Å². The predicted molar refractivity (Wildman–Crippen MR) is 139 cm³/mol. The van der Waals surface area contributed by atoms with Crippen LogP contribution >= 0.6 is 0 Å². The Labute approximate surface area is 203 Å². The molecule has 0 saturated carbocycles. The molecule has 0 aliphatic carbocycles. The first-order valence-corrected chi connectivity index (χ1v) is 11.8. The number of fused-ring (bicyclic) bond motifs is 3. The van der Waals surface area contributed by atoms with Gasteiger partial charge in [0.25, 0.3) is 5.69 Å². The summed E-state index contributed by atoms with van der Waals surface area (Å²) in [4.78, 5) is 34.6. The van der Waals surface area contributed by atoms with Crippen LogP contribution in [0.2, 0.25) is 0 Å². The molecule has 0 unspecified atom stereocenters. The summed E-state index contributed by atoms with van der Waals surface area (Å²) < 4.78 is 2.22. The quantitative estimate of drug-likeness (QED) is 0.146. The molecule has 182 valence electrons. The molecule has 2 heterocycles. The second-order valence-corrected chi connectivity index (χ2v) is 8.83. The number of nitrogens with zero attached hydrogens (tertiary/aromatic N) is 5. The number of carbonyl (C=O) groups is 1. The SMILES string of the molecule is CCc1nc2c(N)nc3ccccc3c2n1CCCCCC(=O)c1ccc(N(C)C)c([N+](=O)[O-])c1. The highest BCUT2D eigenvalue weighted by Gasteiger charge is 2.19. The third kappa shape index (κ3) is 4.80. The minimum atomic E-state index is -0.446. The first kappa shape index (κ1) is 24.1. The molecule has 0 saturated heterocycles. The molecule has 0 spiro atoms. The number of benzene rings is 2. The van der Waals surface area contributed by atoms with Crippen molar-refractivity contribution < 1.29 is 9.72 Å². The number of para-hydroxylation sites is 1. The van der Waals surface area contributed by atoms with Crippen LogP contribution in [0.3, 0.4) is 0 Å². The van der Waals surface area contributed by atoms with Gasteiger partial charge in [0, 0.05) is 50.5 Å². The fourth-order valence-electron chi connectivity index (χ4n) is 4.51. The lowest BCUT2D eigenvalue weighted by molar-refractivity contribution is -0.384. The molecule has 2 aromatic heterocycles. The standard InChI is InChI=1S/C26H30N6O3/c1-4-23-29-24-25(18-10-7-8-11-19(18)28-26(24)27)31(23)15-9-5-6-12-22(33)17-13-14-20(30(2)3)21(16-17)32(34)35/h7-8,10-11,13-14,16H,4-6,9,12,15H2,1-3H3,(H2,27,28). The van der Waals surface area contributed by atoms with Gasteiger partial charge < -0.3 is 15.2 Å². The molecule has 0 amide bonds. The zero-order valence-electron chi connectivity index (χ0n) is 20.3. The predicted octanol–water partition coefficient (Wildman–Crippen LogP) is 5.15. The molecule has 0 bridgehead atoms. The zero-order chi connectivity index (χ0) is 25.1. The van der Waals surface area contributed by atoms with Crippen LogP contribution in [0.15, 0.2) is 42.5 Å². The van der Waals surface area contributed by atoms with Gasteiger partial charge in [0.05, 0.1) is 16.0 Å². The van der Waals surface area contributed by atoms with Gasteiger partial charge >= 0.3 is 0 Å². The molecule has 4 rings (SSSR count). The van der Waals surface area contributed by atoms with E-state index in [9.17, 15) is 14.9 Å². The summed E-state index contributed by atoms with van der Waals surface area (Å²) in [5.74, 6) is 1.33. The third-order valence-corrected chi connectivity index (χ3v) is 6.27. The number of aromatic nitrogens is 3. The Hall–Kier alpha value is -4.01. The molecule has 2 N–H and O–H groups in total. The normalized spacial score (nSPS) is 11.3. The van der Waals surface area contributed by atoms with Crippen LogP contribution in [-0.2, 0) is 13.0 Å². The number of aryl methyl sites for hydroxylation is 2. The molecule has 0 fully saturated rings. The van der Waals surface area contributed by atoms with E-state index in [0.717, 1.165) is 53.6 Å². The second-order valence-electron chi connectivity index (χ2n) is 8.83. The lowest BCUT2D eigenvalue weighted by atomic mass is 10.0. The van der Waals surface area contributed by atoms with E-state index in [1.165, 1.54) is 6.07 Å². The molecular formula is C26H30N6O3. The molecule has 9 heteroatoms. The number of Topliss-reactive ketones (excluding diaryl/α,β-unsaturated/α-hetero) is 1. The van der Waals surface area contributed by atoms with Crippen molar-refractivity contribution in [3.05, 3.63) is 64.0 Å². The highest BCUT2D eigenvalue weighted by atomic mass is 16.6. The van der Waals surface area contributed by atoms with Gasteiger partial charge in [-0.1, -0.05) is 31.5 Å². The Kier molecular flexibility index (Phi) is 6.95. The van der Waals surface area contributed by atoms with Crippen LogP contribution in [0.5, 0.6) is 0 Å². The maximum atomic E-state index is 12.7. The van der Waals surface area contributed by atoms with Crippen molar-refractivity contribution in [3.8, 4) is 0 Å². The highest BCUT2D eigenvalue weighted by molar-refractivity contribution is 6.06. The summed E-state index contributed by atoms with van der Waals surface area (Å²) in [6, 6.07) is 12.6. The van der Waals surface area contributed by atoms with Gasteiger partial charge in [0.1, 0.15) is 17.0 Å². The molecule has 0 atom stereocenters. The highest BCUT2D eigenvalue weighted by Crippen LogP contribution is 2.30. The molecule has 9 nitrogen and oxygen atoms in total. The minimum absolute atomic E-state index is 0.0547. The Morgan fingerprint density at radius 2 is 1.89 bits per heavy atom. The summed E-state index contributed by atoms with van der Waals surface area (Å²) >= 11 is 0. The van der Waals surface area contributed by atoms with Crippen LogP contribution in [0.4, 0.5) is 17.2 Å². The van der Waals surface area contributed by atoms with Gasteiger partial charge in [-0.2, -0.15) is 0 Å². The van der Waals surface area contributed by atoms with E-state index in [2.05, 4.69) is 16.5 Å². The van der Waals surface area contributed by atoms with E-state index in [1.807, 2.05) is 24.3 Å². The average Bonchev–Trinajstić information content (AvgIpc) is 3.22. The number of nitrogens with two attached hydrogens (primary N) is 1. The van der Waals surface area contributed by atoms with Gasteiger partial charge in [-0.05, 0) is 31.0 Å². The van der Waals surface area contributed by atoms with E-state index in [0.29, 0.717) is 29.9 Å². The second kappa shape index (κ2) is 10.1. The van der Waals surface area contributed by atoms with Crippen molar-refractivity contribution in [2.24, 2.45) is 0 Å². The number of nitro groups is 1. The molecular weight excluding hydrogens is 444 g/mol. The number of hydrogen-bond donors (Lipinski definition) is 1. The fraction of sp³-hybridized carbons (Fsp3) is 0.346. The Bertz CT molecular complexity index is 1410. The van der Waals surface area contributed by atoms with Crippen molar-refractivity contribution in [2.75, 3.05) is 24.7 Å². The molecule has 4 aromatic rings. The van der Waals surface area contributed by atoms with E-state index in [4.69, 9.17) is 10.7 Å². The van der Waals surface area contributed by atoms with Crippen LogP contribution in [0.1, 0.15) is 48.8 Å². The number of rotatable bonds is 10. The zero-order valence-corrected chi connectivity index (χ0v) is 20.3. The average molecular weight is 475 g/mol. The number of nitrogen functional groups attached to an aromatic ring is 1. The first-order valence-electron chi connectivity index (χ1n) is 11.8. The lowest BCUT2D eigenvalue weighted by Crippen LogP contribution is -2.12. The summed E-state index contributed by atoms with van der Waals surface area (Å²) in [6.07, 6.45) is 3.57. The molecule has 0 aliphatic rings. The molecule has 2 aromatic carbocycles.